The number of hydrogen-bond acceptors (Lipinski definition) is 7. The molecule has 2 aromatic heterocycles. The fourth-order valence-electron chi connectivity index (χ4n) is 2.93. The molecule has 0 aliphatic carbocycles. The second-order valence-electron chi connectivity index (χ2n) is 6.74. The van der Waals surface area contributed by atoms with E-state index in [2.05, 4.69) is 21.8 Å². The van der Waals surface area contributed by atoms with Crippen molar-refractivity contribution >= 4 is 27.3 Å². The average molecular weight is 461 g/mol. The molecule has 1 aliphatic heterocycles. The zero-order valence-electron chi connectivity index (χ0n) is 16.1. The number of rotatable bonds is 4. The summed E-state index contributed by atoms with van der Waals surface area (Å²) in [4.78, 5) is 9.59. The van der Waals surface area contributed by atoms with Crippen LogP contribution in [0.25, 0.3) is 0 Å². The van der Waals surface area contributed by atoms with E-state index < -0.39 is 33.4 Å². The molecule has 0 bridgehead atoms. The molecule has 0 amide bonds. The molecule has 12 heteroatoms. The number of sulfonamides is 1. The average Bonchev–Trinajstić information content (AvgIpc) is 3.23. The zero-order valence-corrected chi connectivity index (χ0v) is 17.7. The monoisotopic (exact) mass is 460 g/mol. The van der Waals surface area contributed by atoms with Gasteiger partial charge in [0.25, 0.3) is 10.0 Å². The van der Waals surface area contributed by atoms with Crippen LogP contribution >= 0.6 is 11.3 Å². The van der Waals surface area contributed by atoms with Crippen LogP contribution in [0.15, 0.2) is 34.1 Å². The predicted molar refractivity (Wildman–Crippen MR) is 105 cm³/mol. The van der Waals surface area contributed by atoms with Gasteiger partial charge in [-0.15, -0.1) is 17.3 Å². The van der Waals surface area contributed by atoms with Crippen molar-refractivity contribution < 1.29 is 26.7 Å². The van der Waals surface area contributed by atoms with Crippen LogP contribution in [-0.4, -0.2) is 59.6 Å². The smallest absolute Gasteiger partial charge is 0.376 e. The van der Waals surface area contributed by atoms with E-state index in [1.807, 2.05) is 0 Å². The van der Waals surface area contributed by atoms with Gasteiger partial charge in [-0.2, -0.15) is 17.5 Å². The van der Waals surface area contributed by atoms with Crippen LogP contribution in [0.2, 0.25) is 0 Å². The summed E-state index contributed by atoms with van der Waals surface area (Å²) in [6.45, 7) is 2.65. The van der Waals surface area contributed by atoms with Crippen LogP contribution in [0.5, 0.6) is 0 Å². The molecule has 1 fully saturated rings. The number of thiophene rings is 1. The summed E-state index contributed by atoms with van der Waals surface area (Å²) in [5, 5.41) is 11.4. The van der Waals surface area contributed by atoms with Crippen LogP contribution in [0, 0.1) is 11.8 Å². The third-order valence-electron chi connectivity index (χ3n) is 4.75. The lowest BCUT2D eigenvalue weighted by Crippen LogP contribution is -2.54. The molecule has 3 rings (SSSR count). The second-order valence-corrected chi connectivity index (χ2v) is 9.85. The molecule has 162 valence electrons. The minimum Gasteiger partial charge on any atom is -0.376 e. The van der Waals surface area contributed by atoms with Crippen LogP contribution in [-0.2, 0) is 15.6 Å². The molecule has 1 aliphatic rings. The number of alkyl halides is 3. The Labute approximate surface area is 176 Å². The highest BCUT2D eigenvalue weighted by Crippen LogP contribution is 2.38. The van der Waals surface area contributed by atoms with Crippen LogP contribution in [0.3, 0.4) is 0 Å². The summed E-state index contributed by atoms with van der Waals surface area (Å²) in [7, 11) is -3.66. The standard InChI is InChI=1S/C18H19F3N4O3S2/c1-3-5-14-12-24(30(27,28)15-6-4-9-29-15)7-8-25(14)16-22-10-13(11-23-16)17(2,26)18(19,20)21/h4,6,9-11,14,26H,7-8,12H2,1-2H3/t14-,17-/m0/s1. The van der Waals surface area contributed by atoms with Gasteiger partial charge in [-0.3, -0.25) is 0 Å². The van der Waals surface area contributed by atoms with Crippen molar-refractivity contribution in [1.29, 1.82) is 0 Å². The minimum absolute atomic E-state index is 0.0620. The summed E-state index contributed by atoms with van der Waals surface area (Å²) >= 11 is 1.12. The first-order chi connectivity index (χ1) is 14.0. The fourth-order valence-corrected chi connectivity index (χ4v) is 5.51. The Morgan fingerprint density at radius 2 is 1.93 bits per heavy atom. The van der Waals surface area contributed by atoms with Crippen LogP contribution in [0.4, 0.5) is 19.1 Å². The van der Waals surface area contributed by atoms with E-state index in [0.717, 1.165) is 23.7 Å². The maximum atomic E-state index is 13.0. The van der Waals surface area contributed by atoms with Gasteiger partial charge in [0, 0.05) is 37.6 Å². The van der Waals surface area contributed by atoms with Crippen molar-refractivity contribution in [3.8, 4) is 11.8 Å². The summed E-state index contributed by atoms with van der Waals surface area (Å²) in [5.41, 5.74) is -3.57. The Morgan fingerprint density at radius 1 is 1.27 bits per heavy atom. The Balaban J connectivity index is 1.84. The van der Waals surface area contributed by atoms with E-state index >= 15 is 0 Å². The molecular formula is C18H19F3N4O3S2. The maximum Gasteiger partial charge on any atom is 0.421 e. The maximum absolute atomic E-state index is 13.0. The SMILES string of the molecule is CC#C[C@H]1CN(S(=O)(=O)c2cccs2)CCN1c1ncc([C@](C)(O)C(F)(F)F)cn1. The van der Waals surface area contributed by atoms with E-state index in [4.69, 9.17) is 0 Å². The first-order valence-electron chi connectivity index (χ1n) is 8.82. The van der Waals surface area contributed by atoms with Crippen molar-refractivity contribution in [1.82, 2.24) is 14.3 Å². The second kappa shape index (κ2) is 8.14. The van der Waals surface area contributed by atoms with Crippen molar-refractivity contribution in [3.63, 3.8) is 0 Å². The van der Waals surface area contributed by atoms with Gasteiger partial charge >= 0.3 is 6.18 Å². The third kappa shape index (κ3) is 4.15. The zero-order chi connectivity index (χ0) is 22.2. The molecule has 1 N–H and O–H groups in total. The highest BCUT2D eigenvalue weighted by molar-refractivity contribution is 7.91. The quantitative estimate of drug-likeness (QED) is 0.705. The van der Waals surface area contributed by atoms with Gasteiger partial charge in [0.15, 0.2) is 5.60 Å². The Kier molecular flexibility index (Phi) is 6.10. The lowest BCUT2D eigenvalue weighted by atomic mass is 9.99. The third-order valence-corrected chi connectivity index (χ3v) is 7.99. The summed E-state index contributed by atoms with van der Waals surface area (Å²) in [6, 6.07) is 2.61. The molecule has 0 aromatic carbocycles. The Hall–Kier alpha value is -2.20. The molecule has 2 atom stereocenters. The molecule has 0 spiro atoms. The molecule has 2 aromatic rings. The first-order valence-corrected chi connectivity index (χ1v) is 11.1. The van der Waals surface area contributed by atoms with Gasteiger partial charge in [-0.05, 0) is 25.3 Å². The van der Waals surface area contributed by atoms with Gasteiger partial charge < -0.3 is 10.0 Å². The molecule has 3 heterocycles. The largest absolute Gasteiger partial charge is 0.421 e. The van der Waals surface area contributed by atoms with Crippen molar-refractivity contribution in [2.45, 2.75) is 35.9 Å². The number of anilines is 1. The lowest BCUT2D eigenvalue weighted by Gasteiger charge is -2.38. The van der Waals surface area contributed by atoms with E-state index in [0.29, 0.717) is 6.92 Å². The highest BCUT2D eigenvalue weighted by atomic mass is 32.2. The van der Waals surface area contributed by atoms with Gasteiger partial charge in [-0.1, -0.05) is 12.0 Å². The van der Waals surface area contributed by atoms with Crippen molar-refractivity contribution in [2.24, 2.45) is 0 Å². The summed E-state index contributed by atoms with van der Waals surface area (Å²) in [6.07, 6.45) is -3.04. The molecule has 0 saturated carbocycles. The van der Waals surface area contributed by atoms with Crippen LogP contribution in [0.1, 0.15) is 19.4 Å². The number of nitrogens with zero attached hydrogens (tertiary/aromatic N) is 4. The fraction of sp³-hybridized carbons (Fsp3) is 0.444. The van der Waals surface area contributed by atoms with Crippen LogP contribution < -0.4 is 4.90 Å². The van der Waals surface area contributed by atoms with Crippen molar-refractivity contribution in [2.75, 3.05) is 24.5 Å². The summed E-state index contributed by atoms with van der Waals surface area (Å²) in [5.74, 6) is 5.77. The van der Waals surface area contributed by atoms with Crippen molar-refractivity contribution in [3.05, 3.63) is 35.5 Å². The van der Waals surface area contributed by atoms with E-state index in [1.165, 1.54) is 10.4 Å². The first kappa shape index (κ1) is 22.5. The number of hydrogen-bond donors (Lipinski definition) is 1. The number of aromatic nitrogens is 2. The highest BCUT2D eigenvalue weighted by Gasteiger charge is 2.51. The molecule has 0 radical (unpaired) electrons. The van der Waals surface area contributed by atoms with Gasteiger partial charge in [0.1, 0.15) is 10.3 Å². The molecule has 7 nitrogen and oxygen atoms in total. The number of aliphatic hydroxyl groups is 1. The Morgan fingerprint density at radius 3 is 2.47 bits per heavy atom. The lowest BCUT2D eigenvalue weighted by molar-refractivity contribution is -0.259. The molecule has 0 unspecified atom stereocenters. The van der Waals surface area contributed by atoms with E-state index in [-0.39, 0.29) is 29.8 Å². The molecule has 30 heavy (non-hydrogen) atoms. The van der Waals surface area contributed by atoms with Gasteiger partial charge in [0.2, 0.25) is 5.95 Å². The van der Waals surface area contributed by atoms with Gasteiger partial charge in [-0.25, -0.2) is 18.4 Å². The normalized spacial score (nSPS) is 20.3. The number of piperazine rings is 1. The minimum atomic E-state index is -4.88. The Bertz CT molecular complexity index is 1040. The number of halogens is 3. The molecular weight excluding hydrogens is 441 g/mol. The van der Waals surface area contributed by atoms with E-state index in [9.17, 15) is 26.7 Å². The molecule has 1 saturated heterocycles. The topological polar surface area (TPSA) is 86.6 Å². The van der Waals surface area contributed by atoms with E-state index in [1.54, 1.807) is 23.3 Å². The summed E-state index contributed by atoms with van der Waals surface area (Å²) < 4.78 is 66.2. The van der Waals surface area contributed by atoms with Gasteiger partial charge in [0.05, 0.1) is 0 Å². The predicted octanol–water partition coefficient (Wildman–Crippen LogP) is 2.21.